The van der Waals surface area contributed by atoms with Gasteiger partial charge in [-0.05, 0) is 56.2 Å². The van der Waals surface area contributed by atoms with Gasteiger partial charge in [0.05, 0.1) is 23.1 Å². The lowest BCUT2D eigenvalue weighted by Gasteiger charge is -2.38. The molecule has 1 aromatic heterocycles. The summed E-state index contributed by atoms with van der Waals surface area (Å²) >= 11 is 0. The second-order valence-corrected chi connectivity index (χ2v) is 9.89. The third kappa shape index (κ3) is 3.78. The first kappa shape index (κ1) is 18.2. The Morgan fingerprint density at radius 1 is 1.26 bits per heavy atom. The number of rotatable bonds is 4. The molecule has 144 valence electrons. The van der Waals surface area contributed by atoms with Crippen LogP contribution in [0.3, 0.4) is 0 Å². The van der Waals surface area contributed by atoms with E-state index < -0.39 is 9.84 Å². The fourth-order valence-electron chi connectivity index (χ4n) is 4.19. The molecule has 0 saturated carbocycles. The molecule has 0 spiro atoms. The van der Waals surface area contributed by atoms with Crippen LogP contribution in [0.5, 0.6) is 0 Å². The van der Waals surface area contributed by atoms with Crippen molar-refractivity contribution in [3.05, 3.63) is 41.9 Å². The average molecular weight is 388 g/mol. The Bertz CT molecular complexity index is 1010. The van der Waals surface area contributed by atoms with E-state index in [0.29, 0.717) is 18.0 Å². The topological polar surface area (TPSA) is 72.3 Å². The highest BCUT2D eigenvalue weighted by molar-refractivity contribution is 7.90. The zero-order valence-corrected chi connectivity index (χ0v) is 16.4. The van der Waals surface area contributed by atoms with Gasteiger partial charge in [0.2, 0.25) is 0 Å². The molecule has 7 heteroatoms. The van der Waals surface area contributed by atoms with Crippen LogP contribution in [0.4, 0.5) is 0 Å². The lowest BCUT2D eigenvalue weighted by molar-refractivity contribution is 0.0749. The number of carbonyl (C=O) groups excluding carboxylic acids is 1. The predicted octanol–water partition coefficient (Wildman–Crippen LogP) is 3.00. The number of carbonyl (C=O) groups is 1. The Balaban J connectivity index is 1.58. The van der Waals surface area contributed by atoms with Gasteiger partial charge < -0.3 is 9.47 Å². The molecule has 2 aliphatic rings. The fraction of sp³-hybridized carbons (Fsp3) is 0.500. The molecule has 1 aliphatic carbocycles. The summed E-state index contributed by atoms with van der Waals surface area (Å²) in [6.45, 7) is 1.14. The standard InChI is InChI=1S/C20H25N3O3S/c1-27(25,26)12-11-22-14-21-17-13-16(8-9-19(17)22)20(24)23-10-4-6-15-5-2-3-7-18(15)23/h7-9,13-15H,2-6,10-12H2,1H3. The summed E-state index contributed by atoms with van der Waals surface area (Å²) in [6, 6.07) is 5.52. The Labute approximate surface area is 159 Å². The normalized spacial score (nSPS) is 20.4. The maximum atomic E-state index is 13.1. The first-order valence-electron chi connectivity index (χ1n) is 9.57. The minimum atomic E-state index is -3.03. The first-order valence-corrected chi connectivity index (χ1v) is 11.6. The van der Waals surface area contributed by atoms with Gasteiger partial charge in [-0.3, -0.25) is 4.79 Å². The number of nitrogens with zero attached hydrogens (tertiary/aromatic N) is 3. The number of allylic oxidation sites excluding steroid dienone is 2. The van der Waals surface area contributed by atoms with Gasteiger partial charge in [0, 0.05) is 30.6 Å². The van der Waals surface area contributed by atoms with Crippen LogP contribution in [0.25, 0.3) is 11.0 Å². The van der Waals surface area contributed by atoms with Gasteiger partial charge in [-0.25, -0.2) is 13.4 Å². The molecule has 2 aromatic rings. The maximum absolute atomic E-state index is 13.1. The molecule has 1 saturated heterocycles. The first-order chi connectivity index (χ1) is 12.9. The van der Waals surface area contributed by atoms with Crippen molar-refractivity contribution in [3.8, 4) is 0 Å². The Morgan fingerprint density at radius 2 is 2.07 bits per heavy atom. The monoisotopic (exact) mass is 387 g/mol. The number of imidazole rings is 1. The van der Waals surface area contributed by atoms with Gasteiger partial charge in [0.1, 0.15) is 9.84 Å². The highest BCUT2D eigenvalue weighted by Gasteiger charge is 2.30. The minimum Gasteiger partial charge on any atom is -0.330 e. The van der Waals surface area contributed by atoms with Crippen LogP contribution in [0.15, 0.2) is 36.3 Å². The number of hydrogen-bond acceptors (Lipinski definition) is 4. The lowest BCUT2D eigenvalue weighted by Crippen LogP contribution is -2.38. The third-order valence-corrected chi connectivity index (χ3v) is 6.51. The van der Waals surface area contributed by atoms with E-state index in [-0.39, 0.29) is 11.7 Å². The number of amides is 1. The van der Waals surface area contributed by atoms with Crippen molar-refractivity contribution in [1.29, 1.82) is 0 Å². The zero-order valence-electron chi connectivity index (χ0n) is 15.6. The predicted molar refractivity (Wildman–Crippen MR) is 105 cm³/mol. The smallest absolute Gasteiger partial charge is 0.258 e. The summed E-state index contributed by atoms with van der Waals surface area (Å²) in [4.78, 5) is 19.5. The summed E-state index contributed by atoms with van der Waals surface area (Å²) in [7, 11) is -3.03. The molecule has 27 heavy (non-hydrogen) atoms. The molecule has 1 amide bonds. The van der Waals surface area contributed by atoms with Crippen LogP contribution in [-0.4, -0.2) is 47.3 Å². The number of hydrogen-bond donors (Lipinski definition) is 0. The van der Waals surface area contributed by atoms with E-state index in [2.05, 4.69) is 11.1 Å². The molecule has 1 unspecified atom stereocenters. The van der Waals surface area contributed by atoms with Crippen molar-refractivity contribution in [2.75, 3.05) is 18.6 Å². The molecule has 6 nitrogen and oxygen atoms in total. The van der Waals surface area contributed by atoms with Crippen molar-refractivity contribution in [2.24, 2.45) is 5.92 Å². The molecule has 1 atom stereocenters. The number of sulfone groups is 1. The quantitative estimate of drug-likeness (QED) is 0.808. The van der Waals surface area contributed by atoms with Crippen LogP contribution in [0.2, 0.25) is 0 Å². The summed E-state index contributed by atoms with van der Waals surface area (Å²) in [5, 5.41) is 0. The van der Waals surface area contributed by atoms with Gasteiger partial charge in [0.25, 0.3) is 5.91 Å². The fourth-order valence-corrected chi connectivity index (χ4v) is 4.72. The van der Waals surface area contributed by atoms with Crippen molar-refractivity contribution >= 4 is 26.8 Å². The van der Waals surface area contributed by atoms with Crippen molar-refractivity contribution in [1.82, 2.24) is 14.5 Å². The zero-order chi connectivity index (χ0) is 19.0. The molecule has 2 heterocycles. The molecule has 0 radical (unpaired) electrons. The molecule has 1 fully saturated rings. The molecule has 1 aliphatic heterocycles. The molecular weight excluding hydrogens is 362 g/mol. The van der Waals surface area contributed by atoms with Gasteiger partial charge in [-0.2, -0.15) is 0 Å². The molecular formula is C20H25N3O3S. The average Bonchev–Trinajstić information content (AvgIpc) is 3.07. The van der Waals surface area contributed by atoms with Crippen molar-refractivity contribution in [2.45, 2.75) is 38.6 Å². The Kier molecular flexibility index (Phi) is 4.80. The summed E-state index contributed by atoms with van der Waals surface area (Å²) < 4.78 is 24.6. The molecule has 0 N–H and O–H groups in total. The number of piperidine rings is 1. The van der Waals surface area contributed by atoms with Crippen molar-refractivity contribution < 1.29 is 13.2 Å². The van der Waals surface area contributed by atoms with E-state index in [1.807, 2.05) is 27.7 Å². The van der Waals surface area contributed by atoms with Gasteiger partial charge in [-0.15, -0.1) is 0 Å². The Hall–Kier alpha value is -2.15. The summed E-state index contributed by atoms with van der Waals surface area (Å²) in [5.74, 6) is 0.637. The lowest BCUT2D eigenvalue weighted by atomic mass is 9.84. The summed E-state index contributed by atoms with van der Waals surface area (Å²) in [5.41, 5.74) is 3.42. The summed E-state index contributed by atoms with van der Waals surface area (Å²) in [6.07, 6.45) is 10.8. The third-order valence-electron chi connectivity index (χ3n) is 5.59. The second kappa shape index (κ2) is 7.11. The van der Waals surface area contributed by atoms with E-state index in [9.17, 15) is 13.2 Å². The number of likely N-dealkylation sites (tertiary alicyclic amines) is 1. The minimum absolute atomic E-state index is 0.0421. The van der Waals surface area contributed by atoms with Crippen LogP contribution in [0, 0.1) is 5.92 Å². The second-order valence-electron chi connectivity index (χ2n) is 7.63. The largest absolute Gasteiger partial charge is 0.330 e. The van der Waals surface area contributed by atoms with E-state index in [0.717, 1.165) is 30.4 Å². The van der Waals surface area contributed by atoms with Crippen LogP contribution in [-0.2, 0) is 16.4 Å². The maximum Gasteiger partial charge on any atom is 0.258 e. The number of fused-ring (bicyclic) bond motifs is 2. The van der Waals surface area contributed by atoms with Crippen molar-refractivity contribution in [3.63, 3.8) is 0 Å². The number of aryl methyl sites for hydroxylation is 1. The molecule has 1 aromatic carbocycles. The van der Waals surface area contributed by atoms with E-state index >= 15 is 0 Å². The number of benzene rings is 1. The highest BCUT2D eigenvalue weighted by atomic mass is 32.2. The molecule has 0 bridgehead atoms. The van der Waals surface area contributed by atoms with E-state index in [4.69, 9.17) is 0 Å². The van der Waals surface area contributed by atoms with Crippen LogP contribution in [0.1, 0.15) is 42.5 Å². The van der Waals surface area contributed by atoms with Gasteiger partial charge in [0.15, 0.2) is 0 Å². The van der Waals surface area contributed by atoms with E-state index in [1.165, 1.54) is 31.2 Å². The van der Waals surface area contributed by atoms with Gasteiger partial charge in [-0.1, -0.05) is 6.08 Å². The van der Waals surface area contributed by atoms with E-state index in [1.54, 1.807) is 6.33 Å². The van der Waals surface area contributed by atoms with Gasteiger partial charge >= 0.3 is 0 Å². The molecule has 4 rings (SSSR count). The highest BCUT2D eigenvalue weighted by Crippen LogP contribution is 2.35. The number of aromatic nitrogens is 2. The SMILES string of the molecule is CS(=O)(=O)CCn1cnc2cc(C(=O)N3CCCC4CCCC=C43)ccc21. The Morgan fingerprint density at radius 3 is 2.89 bits per heavy atom. The van der Waals surface area contributed by atoms with Crippen LogP contribution < -0.4 is 0 Å². The van der Waals surface area contributed by atoms with Crippen LogP contribution >= 0.6 is 0 Å².